The first-order valence-corrected chi connectivity index (χ1v) is 10.8. The Morgan fingerprint density at radius 3 is 2.73 bits per heavy atom. The van der Waals surface area contributed by atoms with Crippen LogP contribution in [0.5, 0.6) is 0 Å². The number of hydrogen-bond acceptors (Lipinski definition) is 4. The quantitative estimate of drug-likeness (QED) is 0.783. The zero-order valence-corrected chi connectivity index (χ0v) is 16.0. The number of hydrogen-bond donors (Lipinski definition) is 0. The lowest BCUT2D eigenvalue weighted by molar-refractivity contribution is -0.128. The fraction of sp³-hybridized carbons (Fsp3) is 0.632. The van der Waals surface area contributed by atoms with Crippen molar-refractivity contribution in [3.8, 4) is 0 Å². The molecule has 142 valence electrons. The highest BCUT2D eigenvalue weighted by molar-refractivity contribution is 7.89. The summed E-state index contributed by atoms with van der Waals surface area (Å²) in [6, 6.07) is 7.10. The van der Waals surface area contributed by atoms with E-state index >= 15 is 0 Å². The van der Waals surface area contributed by atoms with Crippen LogP contribution in [-0.4, -0.2) is 61.9 Å². The maximum atomic E-state index is 12.9. The van der Waals surface area contributed by atoms with Crippen molar-refractivity contribution in [2.24, 2.45) is 5.92 Å². The molecule has 0 aliphatic carbocycles. The molecule has 1 aromatic rings. The summed E-state index contributed by atoms with van der Waals surface area (Å²) < 4.78 is 33.4. The molecule has 1 unspecified atom stereocenters. The van der Waals surface area contributed by atoms with Gasteiger partial charge in [0.1, 0.15) is 0 Å². The monoisotopic (exact) mass is 378 g/mol. The number of carbonyl (C=O) groups is 1. The van der Waals surface area contributed by atoms with Crippen LogP contribution in [-0.2, 0) is 19.6 Å². The lowest BCUT2D eigenvalue weighted by Crippen LogP contribution is -2.66. The lowest BCUT2D eigenvalue weighted by Gasteiger charge is -2.49. The lowest BCUT2D eigenvalue weighted by atomic mass is 9.80. The molecule has 7 heteroatoms. The van der Waals surface area contributed by atoms with Crippen molar-refractivity contribution in [2.45, 2.75) is 43.1 Å². The van der Waals surface area contributed by atoms with Gasteiger partial charge in [-0.3, -0.25) is 4.79 Å². The van der Waals surface area contributed by atoms with E-state index in [4.69, 9.17) is 4.74 Å². The zero-order chi connectivity index (χ0) is 18.4. The number of sulfonamides is 1. The largest absolute Gasteiger partial charge is 0.372 e. The van der Waals surface area contributed by atoms with Crippen molar-refractivity contribution in [1.82, 2.24) is 9.21 Å². The van der Waals surface area contributed by atoms with Gasteiger partial charge in [-0.25, -0.2) is 8.42 Å². The second-order valence-electron chi connectivity index (χ2n) is 7.71. The molecular weight excluding hydrogens is 352 g/mol. The average molecular weight is 378 g/mol. The first-order chi connectivity index (χ1) is 12.4. The van der Waals surface area contributed by atoms with Gasteiger partial charge in [-0.2, -0.15) is 4.31 Å². The molecule has 0 radical (unpaired) electrons. The average Bonchev–Trinajstić information content (AvgIpc) is 3.17. The summed E-state index contributed by atoms with van der Waals surface area (Å²) in [5.74, 6) is 0.564. The highest BCUT2D eigenvalue weighted by Crippen LogP contribution is 2.44. The summed E-state index contributed by atoms with van der Waals surface area (Å²) in [5, 5.41) is 0. The molecule has 3 aliphatic rings. The molecule has 0 saturated carbocycles. The minimum atomic E-state index is -3.47. The Bertz CT molecular complexity index is 802. The first-order valence-electron chi connectivity index (χ1n) is 9.40. The van der Waals surface area contributed by atoms with Gasteiger partial charge >= 0.3 is 0 Å². The van der Waals surface area contributed by atoms with E-state index in [1.54, 1.807) is 12.1 Å². The van der Waals surface area contributed by atoms with Crippen LogP contribution >= 0.6 is 0 Å². The summed E-state index contributed by atoms with van der Waals surface area (Å²) in [4.78, 5) is 14.1. The van der Waals surface area contributed by atoms with E-state index in [9.17, 15) is 13.2 Å². The van der Waals surface area contributed by atoms with Gasteiger partial charge in [-0.05, 0) is 43.7 Å². The fourth-order valence-electron chi connectivity index (χ4n) is 4.50. The molecule has 1 spiro atoms. The molecule has 3 saturated heterocycles. The Labute approximate surface area is 155 Å². The zero-order valence-electron chi connectivity index (χ0n) is 15.2. The van der Waals surface area contributed by atoms with Crippen LogP contribution in [0.4, 0.5) is 0 Å². The van der Waals surface area contributed by atoms with E-state index in [-0.39, 0.29) is 11.5 Å². The Balaban J connectivity index is 1.42. The van der Waals surface area contributed by atoms with Gasteiger partial charge in [0.05, 0.1) is 10.5 Å². The molecule has 3 heterocycles. The minimum absolute atomic E-state index is 0.246. The molecule has 1 atom stereocenters. The van der Waals surface area contributed by atoms with Gasteiger partial charge in [0.15, 0.2) is 0 Å². The highest BCUT2D eigenvalue weighted by Gasteiger charge is 2.56. The summed E-state index contributed by atoms with van der Waals surface area (Å²) in [6.45, 7) is 4.96. The first kappa shape index (κ1) is 17.9. The van der Waals surface area contributed by atoms with Gasteiger partial charge in [-0.1, -0.05) is 18.2 Å². The maximum absolute atomic E-state index is 12.9. The predicted molar refractivity (Wildman–Crippen MR) is 97.2 cm³/mol. The molecule has 26 heavy (non-hydrogen) atoms. The van der Waals surface area contributed by atoms with E-state index in [0.717, 1.165) is 37.9 Å². The summed E-state index contributed by atoms with van der Waals surface area (Å²) in [7, 11) is -3.47. The van der Waals surface area contributed by atoms with E-state index in [1.165, 1.54) is 4.31 Å². The van der Waals surface area contributed by atoms with Crippen molar-refractivity contribution in [3.05, 3.63) is 29.8 Å². The van der Waals surface area contributed by atoms with E-state index < -0.39 is 10.0 Å². The van der Waals surface area contributed by atoms with Crippen LogP contribution in [0.15, 0.2) is 29.2 Å². The van der Waals surface area contributed by atoms with Gasteiger partial charge in [0, 0.05) is 39.2 Å². The molecule has 0 aromatic heterocycles. The summed E-state index contributed by atoms with van der Waals surface area (Å²) in [5.41, 5.74) is 0.406. The van der Waals surface area contributed by atoms with Crippen LogP contribution < -0.4 is 0 Å². The number of nitrogens with zero attached hydrogens (tertiary/aromatic N) is 2. The number of ether oxygens (including phenoxy) is 1. The SMILES string of the molecule is Cc1ccccc1S(=O)(=O)N1CC2(C1)OCCC2CCN1CCCC1=O. The number of amides is 1. The van der Waals surface area contributed by atoms with E-state index in [1.807, 2.05) is 24.0 Å². The van der Waals surface area contributed by atoms with Crippen molar-refractivity contribution in [1.29, 1.82) is 0 Å². The third-order valence-electron chi connectivity index (χ3n) is 6.12. The topological polar surface area (TPSA) is 66.9 Å². The Morgan fingerprint density at radius 1 is 1.27 bits per heavy atom. The Morgan fingerprint density at radius 2 is 2.04 bits per heavy atom. The van der Waals surface area contributed by atoms with Crippen molar-refractivity contribution < 1.29 is 17.9 Å². The fourth-order valence-corrected chi connectivity index (χ4v) is 6.28. The molecular formula is C19H26N2O4S. The number of rotatable bonds is 5. The third kappa shape index (κ3) is 2.96. The Kier molecular flexibility index (Phi) is 4.57. The van der Waals surface area contributed by atoms with Crippen LogP contribution in [0, 0.1) is 12.8 Å². The number of benzene rings is 1. The number of aryl methyl sites for hydroxylation is 1. The molecule has 3 fully saturated rings. The van der Waals surface area contributed by atoms with Crippen molar-refractivity contribution in [2.75, 3.05) is 32.8 Å². The van der Waals surface area contributed by atoms with Crippen LogP contribution in [0.2, 0.25) is 0 Å². The minimum Gasteiger partial charge on any atom is -0.372 e. The molecule has 1 aromatic carbocycles. The molecule has 3 aliphatic heterocycles. The highest BCUT2D eigenvalue weighted by atomic mass is 32.2. The van der Waals surface area contributed by atoms with Crippen LogP contribution in [0.3, 0.4) is 0 Å². The van der Waals surface area contributed by atoms with Gasteiger partial charge in [0.2, 0.25) is 15.9 Å². The third-order valence-corrected chi connectivity index (χ3v) is 8.07. The van der Waals surface area contributed by atoms with E-state index in [0.29, 0.717) is 36.9 Å². The summed E-state index contributed by atoms with van der Waals surface area (Å²) >= 11 is 0. The summed E-state index contributed by atoms with van der Waals surface area (Å²) in [6.07, 6.45) is 3.45. The normalized spacial score (nSPS) is 25.8. The predicted octanol–water partition coefficient (Wildman–Crippen LogP) is 1.79. The second-order valence-corrected chi connectivity index (χ2v) is 9.62. The number of likely N-dealkylation sites (tertiary alicyclic amines) is 1. The molecule has 0 bridgehead atoms. The van der Waals surface area contributed by atoms with Gasteiger partial charge in [0.25, 0.3) is 0 Å². The molecule has 0 N–H and O–H groups in total. The standard InChI is InChI=1S/C19H26N2O4S/c1-15-5-2-3-6-17(15)26(23,24)21-13-19(14-21)16(9-12-25-19)8-11-20-10-4-7-18(20)22/h2-3,5-6,16H,4,7-14H2,1H3. The van der Waals surface area contributed by atoms with Gasteiger partial charge in [-0.15, -0.1) is 0 Å². The maximum Gasteiger partial charge on any atom is 0.243 e. The second kappa shape index (κ2) is 6.62. The van der Waals surface area contributed by atoms with Crippen LogP contribution in [0.1, 0.15) is 31.2 Å². The van der Waals surface area contributed by atoms with Crippen molar-refractivity contribution in [3.63, 3.8) is 0 Å². The van der Waals surface area contributed by atoms with Gasteiger partial charge < -0.3 is 9.64 Å². The van der Waals surface area contributed by atoms with Crippen molar-refractivity contribution >= 4 is 15.9 Å². The molecule has 6 nitrogen and oxygen atoms in total. The number of carbonyl (C=O) groups excluding carboxylic acids is 1. The smallest absolute Gasteiger partial charge is 0.243 e. The Hall–Kier alpha value is -1.44. The van der Waals surface area contributed by atoms with E-state index in [2.05, 4.69) is 0 Å². The van der Waals surface area contributed by atoms with Crippen LogP contribution in [0.25, 0.3) is 0 Å². The molecule has 1 amide bonds. The molecule has 4 rings (SSSR count).